The maximum Gasteiger partial charge on any atom is 0.338 e. The van der Waals surface area contributed by atoms with Crippen molar-refractivity contribution in [1.29, 1.82) is 0 Å². The number of hydrogen-bond donors (Lipinski definition) is 1. The Kier molecular flexibility index (Phi) is 6.41. The molecule has 0 aromatic carbocycles. The zero-order chi connectivity index (χ0) is 27.2. The topological polar surface area (TPSA) is 160 Å². The van der Waals surface area contributed by atoms with E-state index in [0.29, 0.717) is 28.5 Å². The first-order valence-corrected chi connectivity index (χ1v) is 12.3. The maximum absolute atomic E-state index is 12.1. The highest BCUT2D eigenvalue weighted by Gasteiger charge is 2.31. The fourth-order valence-electron chi connectivity index (χ4n) is 4.00. The second kappa shape index (κ2) is 9.58. The number of nitrogens with one attached hydrogen (secondary N) is 1. The van der Waals surface area contributed by atoms with Gasteiger partial charge in [-0.05, 0) is 63.7 Å². The summed E-state index contributed by atoms with van der Waals surface area (Å²) in [5.41, 5.74) is 1.81. The number of carbonyl (C=O) groups is 2. The number of aromatic nitrogens is 4. The third kappa shape index (κ3) is 5.11. The van der Waals surface area contributed by atoms with E-state index in [1.807, 2.05) is 20.8 Å². The lowest BCUT2D eigenvalue weighted by Crippen LogP contribution is -2.23. The Morgan fingerprint density at radius 3 is 1.92 bits per heavy atom. The van der Waals surface area contributed by atoms with Crippen LogP contribution in [0.1, 0.15) is 90.4 Å². The molecule has 6 rings (SSSR count). The minimum absolute atomic E-state index is 0.154. The highest BCUT2D eigenvalue weighted by molar-refractivity contribution is 6.04. The van der Waals surface area contributed by atoms with Crippen LogP contribution in [-0.4, -0.2) is 52.0 Å². The van der Waals surface area contributed by atoms with E-state index in [1.54, 1.807) is 12.1 Å². The van der Waals surface area contributed by atoms with E-state index in [0.717, 1.165) is 37.1 Å². The number of ether oxygens (including phenoxy) is 3. The van der Waals surface area contributed by atoms with E-state index in [-0.39, 0.29) is 22.5 Å². The normalized spacial score (nSPS) is 15.2. The van der Waals surface area contributed by atoms with Gasteiger partial charge in [0.15, 0.2) is 0 Å². The zero-order valence-corrected chi connectivity index (χ0v) is 21.7. The SMILES string of the molecule is COC(=O)c1cc(C2CC2)nc2o[nH]c(=O)c12.COC(=O)c1cc(C2CC2)nc2onc(OC(C)(C)C)c12. The van der Waals surface area contributed by atoms with Crippen LogP contribution in [0, 0.1) is 0 Å². The van der Waals surface area contributed by atoms with Gasteiger partial charge in [0.05, 0.1) is 25.3 Å². The standard InChI is InChI=1S/C15H18N2O4.C11H10N2O4/c1-15(2,3)20-13-11-9(14(18)19-4)7-10(8-5-6-8)16-12(11)21-17-13;1-16-11(15)6-4-7(5-2-3-5)12-10-8(6)9(14)13-17-10/h7-8H,5-6H2,1-4H3;4-5H,2-3H2,1H3,(H,13,14). The lowest BCUT2D eigenvalue weighted by molar-refractivity contribution is 0.0593. The maximum atomic E-state index is 12.1. The van der Waals surface area contributed by atoms with Crippen LogP contribution in [0.5, 0.6) is 5.88 Å². The first kappa shape index (κ1) is 25.4. The van der Waals surface area contributed by atoms with Crippen LogP contribution >= 0.6 is 0 Å². The quantitative estimate of drug-likeness (QED) is 0.372. The van der Waals surface area contributed by atoms with Gasteiger partial charge in [-0.2, -0.15) is 5.16 Å². The van der Waals surface area contributed by atoms with Gasteiger partial charge < -0.3 is 23.3 Å². The molecule has 0 spiro atoms. The predicted octanol–water partition coefficient (Wildman–Crippen LogP) is 4.24. The average molecular weight is 525 g/mol. The van der Waals surface area contributed by atoms with Crippen molar-refractivity contribution in [2.24, 2.45) is 0 Å². The minimum Gasteiger partial charge on any atom is -0.469 e. The number of nitrogens with zero attached hydrogens (tertiary/aromatic N) is 3. The molecule has 0 bridgehead atoms. The van der Waals surface area contributed by atoms with Crippen molar-refractivity contribution in [1.82, 2.24) is 20.3 Å². The van der Waals surface area contributed by atoms with Crippen LogP contribution in [0.25, 0.3) is 22.2 Å². The zero-order valence-electron chi connectivity index (χ0n) is 21.7. The van der Waals surface area contributed by atoms with E-state index in [4.69, 9.17) is 18.5 Å². The number of carbonyl (C=O) groups excluding carboxylic acids is 2. The summed E-state index contributed by atoms with van der Waals surface area (Å²) in [6.07, 6.45) is 4.26. The molecule has 38 heavy (non-hydrogen) atoms. The molecule has 0 radical (unpaired) electrons. The molecule has 0 unspecified atom stereocenters. The molecule has 2 aliphatic carbocycles. The molecule has 2 fully saturated rings. The smallest absolute Gasteiger partial charge is 0.338 e. The summed E-state index contributed by atoms with van der Waals surface area (Å²) in [6.45, 7) is 5.70. The van der Waals surface area contributed by atoms with Gasteiger partial charge >= 0.3 is 11.9 Å². The number of hydrogen-bond acceptors (Lipinski definition) is 11. The number of pyridine rings is 2. The average Bonchev–Trinajstić information content (AvgIpc) is 3.82. The third-order valence-electron chi connectivity index (χ3n) is 6.11. The monoisotopic (exact) mass is 524 g/mol. The van der Waals surface area contributed by atoms with E-state index < -0.39 is 23.1 Å². The summed E-state index contributed by atoms with van der Waals surface area (Å²) in [5.74, 6) is 0.0445. The Balaban J connectivity index is 0.000000158. The number of methoxy groups -OCH3 is 2. The van der Waals surface area contributed by atoms with Crippen molar-refractivity contribution in [2.45, 2.75) is 63.9 Å². The molecular weight excluding hydrogens is 496 g/mol. The Morgan fingerprint density at radius 2 is 1.42 bits per heavy atom. The molecule has 0 saturated heterocycles. The number of esters is 2. The van der Waals surface area contributed by atoms with Crippen molar-refractivity contribution in [3.05, 3.63) is 45.0 Å². The molecule has 12 heteroatoms. The molecule has 4 aromatic rings. The summed E-state index contributed by atoms with van der Waals surface area (Å²) in [6, 6.07) is 3.38. The fraction of sp³-hybridized carbons (Fsp3) is 0.462. The van der Waals surface area contributed by atoms with Crippen molar-refractivity contribution in [2.75, 3.05) is 14.2 Å². The Hall–Kier alpha value is -4.22. The van der Waals surface area contributed by atoms with Crippen molar-refractivity contribution in [3.63, 3.8) is 0 Å². The van der Waals surface area contributed by atoms with E-state index in [1.165, 1.54) is 14.2 Å². The van der Waals surface area contributed by atoms with E-state index >= 15 is 0 Å². The van der Waals surface area contributed by atoms with Crippen LogP contribution in [0.2, 0.25) is 0 Å². The first-order chi connectivity index (χ1) is 18.1. The van der Waals surface area contributed by atoms with E-state index in [2.05, 4.69) is 25.0 Å². The van der Waals surface area contributed by atoms with Gasteiger partial charge in [0.25, 0.3) is 22.9 Å². The van der Waals surface area contributed by atoms with Gasteiger partial charge in [0.1, 0.15) is 16.4 Å². The molecule has 200 valence electrons. The van der Waals surface area contributed by atoms with Gasteiger partial charge in [-0.25, -0.2) is 19.6 Å². The van der Waals surface area contributed by atoms with Crippen LogP contribution in [0.3, 0.4) is 0 Å². The molecular formula is C26H28N4O8. The number of aromatic amines is 1. The predicted molar refractivity (Wildman–Crippen MR) is 133 cm³/mol. The minimum atomic E-state index is -0.550. The van der Waals surface area contributed by atoms with Crippen LogP contribution in [-0.2, 0) is 9.47 Å². The molecule has 2 aliphatic rings. The third-order valence-corrected chi connectivity index (χ3v) is 6.11. The first-order valence-electron chi connectivity index (χ1n) is 12.3. The molecule has 1 N–H and O–H groups in total. The summed E-state index contributed by atoms with van der Waals surface area (Å²) < 4.78 is 25.5. The Bertz CT molecular complexity index is 1580. The molecule has 2 saturated carbocycles. The number of H-pyrrole nitrogens is 1. The van der Waals surface area contributed by atoms with Gasteiger partial charge in [0, 0.05) is 23.2 Å². The lowest BCUT2D eigenvalue weighted by atomic mass is 10.1. The molecule has 0 amide bonds. The summed E-state index contributed by atoms with van der Waals surface area (Å²) in [7, 11) is 2.63. The van der Waals surface area contributed by atoms with Crippen LogP contribution in [0.15, 0.2) is 26.0 Å². The highest BCUT2D eigenvalue weighted by atomic mass is 16.6. The second-order valence-electron chi connectivity index (χ2n) is 10.3. The summed E-state index contributed by atoms with van der Waals surface area (Å²) >= 11 is 0. The Morgan fingerprint density at radius 1 is 0.895 bits per heavy atom. The highest BCUT2D eigenvalue weighted by Crippen LogP contribution is 2.42. The second-order valence-corrected chi connectivity index (χ2v) is 10.3. The fourth-order valence-corrected chi connectivity index (χ4v) is 4.00. The van der Waals surface area contributed by atoms with Crippen LogP contribution in [0.4, 0.5) is 0 Å². The van der Waals surface area contributed by atoms with Crippen molar-refractivity contribution < 1.29 is 32.8 Å². The number of fused-ring (bicyclic) bond motifs is 2. The molecule has 0 aliphatic heterocycles. The van der Waals surface area contributed by atoms with Gasteiger partial charge in [-0.15, -0.1) is 0 Å². The van der Waals surface area contributed by atoms with Crippen molar-refractivity contribution in [3.8, 4) is 5.88 Å². The summed E-state index contributed by atoms with van der Waals surface area (Å²) in [5, 5.41) is 6.72. The van der Waals surface area contributed by atoms with Crippen LogP contribution < -0.4 is 10.3 Å². The van der Waals surface area contributed by atoms with Gasteiger partial charge in [0.2, 0.25) is 0 Å². The van der Waals surface area contributed by atoms with Gasteiger partial charge in [-0.3, -0.25) is 4.79 Å². The Labute approximate surface area is 216 Å². The molecule has 4 heterocycles. The van der Waals surface area contributed by atoms with E-state index in [9.17, 15) is 14.4 Å². The number of rotatable bonds is 5. The summed E-state index contributed by atoms with van der Waals surface area (Å²) in [4.78, 5) is 43.9. The van der Waals surface area contributed by atoms with Gasteiger partial charge in [-0.1, -0.05) is 0 Å². The van der Waals surface area contributed by atoms with Crippen molar-refractivity contribution >= 4 is 34.1 Å². The molecule has 12 nitrogen and oxygen atoms in total. The molecule has 0 atom stereocenters. The lowest BCUT2D eigenvalue weighted by Gasteiger charge is -2.19. The molecule has 4 aromatic heterocycles. The largest absolute Gasteiger partial charge is 0.469 e.